The molecule has 18 heavy (non-hydrogen) atoms. The largest absolute Gasteiger partial charge is 0.495 e. The third kappa shape index (κ3) is 3.81. The lowest BCUT2D eigenvalue weighted by atomic mass is 10.3. The zero-order valence-electron chi connectivity index (χ0n) is 10.3. The number of benzene rings is 1. The SMILES string of the molecule is COc1ccc(NCC(=O)NCC2CC2)cc1Cl. The van der Waals surface area contributed by atoms with Gasteiger partial charge in [-0.3, -0.25) is 4.79 Å². The monoisotopic (exact) mass is 268 g/mol. The molecular formula is C13H17ClN2O2. The highest BCUT2D eigenvalue weighted by molar-refractivity contribution is 6.32. The second kappa shape index (κ2) is 5.96. The quantitative estimate of drug-likeness (QED) is 0.832. The van der Waals surface area contributed by atoms with Crippen molar-refractivity contribution in [3.8, 4) is 5.75 Å². The Morgan fingerprint density at radius 3 is 2.89 bits per heavy atom. The third-order valence-electron chi connectivity index (χ3n) is 2.89. The van der Waals surface area contributed by atoms with Crippen molar-refractivity contribution in [2.45, 2.75) is 12.8 Å². The van der Waals surface area contributed by atoms with Crippen LogP contribution in [-0.4, -0.2) is 26.1 Å². The molecule has 0 aromatic heterocycles. The molecule has 1 aromatic carbocycles. The maximum atomic E-state index is 11.5. The molecule has 4 nitrogen and oxygen atoms in total. The summed E-state index contributed by atoms with van der Waals surface area (Å²) < 4.78 is 5.06. The van der Waals surface area contributed by atoms with Crippen molar-refractivity contribution in [1.82, 2.24) is 5.32 Å². The van der Waals surface area contributed by atoms with Crippen LogP contribution in [0.5, 0.6) is 5.75 Å². The van der Waals surface area contributed by atoms with Gasteiger partial charge in [-0.2, -0.15) is 0 Å². The first kappa shape index (κ1) is 13.0. The summed E-state index contributed by atoms with van der Waals surface area (Å²) in [6, 6.07) is 5.35. The van der Waals surface area contributed by atoms with Crippen molar-refractivity contribution in [3.05, 3.63) is 23.2 Å². The van der Waals surface area contributed by atoms with Gasteiger partial charge < -0.3 is 15.4 Å². The molecule has 1 fully saturated rings. The molecule has 1 aliphatic carbocycles. The molecule has 1 aromatic rings. The highest BCUT2D eigenvalue weighted by atomic mass is 35.5. The average molecular weight is 269 g/mol. The summed E-state index contributed by atoms with van der Waals surface area (Å²) in [6.07, 6.45) is 2.48. The van der Waals surface area contributed by atoms with Crippen molar-refractivity contribution in [1.29, 1.82) is 0 Å². The second-order valence-corrected chi connectivity index (χ2v) is 4.86. The van der Waals surface area contributed by atoms with Gasteiger partial charge in [-0.15, -0.1) is 0 Å². The lowest BCUT2D eigenvalue weighted by Crippen LogP contribution is -2.31. The topological polar surface area (TPSA) is 50.4 Å². The Morgan fingerprint density at radius 2 is 2.28 bits per heavy atom. The van der Waals surface area contributed by atoms with Crippen molar-refractivity contribution in [3.63, 3.8) is 0 Å². The van der Waals surface area contributed by atoms with Crippen LogP contribution >= 0.6 is 11.6 Å². The standard InChI is InChI=1S/C13H17ClN2O2/c1-18-12-5-4-10(6-11(12)14)15-8-13(17)16-7-9-2-3-9/h4-6,9,15H,2-3,7-8H2,1H3,(H,16,17). The predicted molar refractivity (Wildman–Crippen MR) is 72.2 cm³/mol. The second-order valence-electron chi connectivity index (χ2n) is 4.45. The minimum absolute atomic E-state index is 0.00819. The van der Waals surface area contributed by atoms with Crippen molar-refractivity contribution < 1.29 is 9.53 Å². The first-order chi connectivity index (χ1) is 8.69. The van der Waals surface area contributed by atoms with Crippen LogP contribution < -0.4 is 15.4 Å². The molecule has 0 atom stereocenters. The van der Waals surface area contributed by atoms with Gasteiger partial charge in [0.1, 0.15) is 5.75 Å². The van der Waals surface area contributed by atoms with E-state index < -0.39 is 0 Å². The minimum Gasteiger partial charge on any atom is -0.495 e. The van der Waals surface area contributed by atoms with Crippen molar-refractivity contribution in [2.24, 2.45) is 5.92 Å². The highest BCUT2D eigenvalue weighted by Gasteiger charge is 2.21. The molecule has 5 heteroatoms. The molecule has 98 valence electrons. The molecule has 0 radical (unpaired) electrons. The van der Waals surface area contributed by atoms with E-state index in [1.165, 1.54) is 12.8 Å². The number of halogens is 1. The van der Waals surface area contributed by atoms with Crippen LogP contribution in [0.25, 0.3) is 0 Å². The number of methoxy groups -OCH3 is 1. The lowest BCUT2D eigenvalue weighted by molar-refractivity contribution is -0.119. The van der Waals surface area contributed by atoms with E-state index >= 15 is 0 Å². The molecular weight excluding hydrogens is 252 g/mol. The van der Waals surface area contributed by atoms with E-state index in [0.29, 0.717) is 16.7 Å². The van der Waals surface area contributed by atoms with Crippen LogP contribution in [0.2, 0.25) is 5.02 Å². The number of ether oxygens (including phenoxy) is 1. The molecule has 2 rings (SSSR count). The van der Waals surface area contributed by atoms with E-state index in [0.717, 1.165) is 12.2 Å². The third-order valence-corrected chi connectivity index (χ3v) is 3.19. The molecule has 1 aliphatic rings. The number of hydrogen-bond donors (Lipinski definition) is 2. The van der Waals surface area contributed by atoms with E-state index in [9.17, 15) is 4.79 Å². The van der Waals surface area contributed by atoms with Crippen molar-refractivity contribution in [2.75, 3.05) is 25.5 Å². The Hall–Kier alpha value is -1.42. The Bertz CT molecular complexity index is 433. The van der Waals surface area contributed by atoms with E-state index in [2.05, 4.69) is 10.6 Å². The van der Waals surface area contributed by atoms with Crippen LogP contribution in [0.15, 0.2) is 18.2 Å². The Morgan fingerprint density at radius 1 is 1.50 bits per heavy atom. The number of hydrogen-bond acceptors (Lipinski definition) is 3. The molecule has 0 bridgehead atoms. The molecule has 0 spiro atoms. The summed E-state index contributed by atoms with van der Waals surface area (Å²) in [6.45, 7) is 1.05. The van der Waals surface area contributed by atoms with Gasteiger partial charge in [0.25, 0.3) is 0 Å². The van der Waals surface area contributed by atoms with Gasteiger partial charge in [0.15, 0.2) is 0 Å². The summed E-state index contributed by atoms with van der Waals surface area (Å²) in [7, 11) is 1.57. The Kier molecular flexibility index (Phi) is 4.31. The van der Waals surface area contributed by atoms with E-state index in [1.807, 2.05) is 6.07 Å². The van der Waals surface area contributed by atoms with Crippen LogP contribution in [0.3, 0.4) is 0 Å². The summed E-state index contributed by atoms with van der Waals surface area (Å²) >= 11 is 5.99. The van der Waals surface area contributed by atoms with E-state index in [-0.39, 0.29) is 12.5 Å². The Balaban J connectivity index is 1.77. The zero-order chi connectivity index (χ0) is 13.0. The summed E-state index contributed by atoms with van der Waals surface area (Å²) in [5.41, 5.74) is 0.808. The fourth-order valence-electron chi connectivity index (χ4n) is 1.60. The number of carbonyl (C=O) groups excluding carboxylic acids is 1. The normalized spacial score (nSPS) is 14.1. The molecule has 1 amide bonds. The molecule has 0 aliphatic heterocycles. The Labute approximate surface area is 112 Å². The predicted octanol–water partition coefficient (Wildman–Crippen LogP) is 2.29. The van der Waals surface area contributed by atoms with Crippen molar-refractivity contribution >= 4 is 23.2 Å². The molecule has 0 saturated heterocycles. The van der Waals surface area contributed by atoms with Gasteiger partial charge in [0.05, 0.1) is 18.7 Å². The van der Waals surface area contributed by atoms with Gasteiger partial charge in [-0.1, -0.05) is 11.6 Å². The van der Waals surface area contributed by atoms with Crippen LogP contribution in [0.1, 0.15) is 12.8 Å². The van der Waals surface area contributed by atoms with E-state index in [1.54, 1.807) is 19.2 Å². The number of anilines is 1. The maximum absolute atomic E-state index is 11.5. The van der Waals surface area contributed by atoms with Gasteiger partial charge in [-0.25, -0.2) is 0 Å². The fraction of sp³-hybridized carbons (Fsp3) is 0.462. The summed E-state index contributed by atoms with van der Waals surface area (Å²) in [4.78, 5) is 11.5. The van der Waals surface area contributed by atoms with E-state index in [4.69, 9.17) is 16.3 Å². The van der Waals surface area contributed by atoms with Crippen LogP contribution in [-0.2, 0) is 4.79 Å². The smallest absolute Gasteiger partial charge is 0.239 e. The van der Waals surface area contributed by atoms with Gasteiger partial charge >= 0.3 is 0 Å². The molecule has 0 heterocycles. The van der Waals surface area contributed by atoms with Gasteiger partial charge in [0, 0.05) is 12.2 Å². The lowest BCUT2D eigenvalue weighted by Gasteiger charge is -2.09. The number of rotatable bonds is 6. The molecule has 1 saturated carbocycles. The number of carbonyl (C=O) groups is 1. The first-order valence-electron chi connectivity index (χ1n) is 6.03. The van der Waals surface area contributed by atoms with Gasteiger partial charge in [0.2, 0.25) is 5.91 Å². The van der Waals surface area contributed by atoms with Crippen LogP contribution in [0, 0.1) is 5.92 Å². The van der Waals surface area contributed by atoms with Gasteiger partial charge in [-0.05, 0) is 37.0 Å². The highest BCUT2D eigenvalue weighted by Crippen LogP contribution is 2.28. The number of nitrogens with one attached hydrogen (secondary N) is 2. The molecule has 2 N–H and O–H groups in total. The fourth-order valence-corrected chi connectivity index (χ4v) is 1.86. The zero-order valence-corrected chi connectivity index (χ0v) is 11.1. The maximum Gasteiger partial charge on any atom is 0.239 e. The molecule has 0 unspecified atom stereocenters. The minimum atomic E-state index is 0.00819. The summed E-state index contributed by atoms with van der Waals surface area (Å²) in [5, 5.41) is 6.45. The van der Waals surface area contributed by atoms with Crippen LogP contribution in [0.4, 0.5) is 5.69 Å². The summed E-state index contributed by atoms with van der Waals surface area (Å²) in [5.74, 6) is 1.33. The first-order valence-corrected chi connectivity index (χ1v) is 6.41. The number of amides is 1. The average Bonchev–Trinajstić information content (AvgIpc) is 3.18.